The lowest BCUT2D eigenvalue weighted by molar-refractivity contribution is -0.0455. The van der Waals surface area contributed by atoms with E-state index in [2.05, 4.69) is 26.8 Å². The molecule has 0 spiro atoms. The molecule has 0 radical (unpaired) electrons. The van der Waals surface area contributed by atoms with E-state index in [1.54, 1.807) is 0 Å². The Morgan fingerprint density at radius 3 is 2.42 bits per heavy atom. The van der Waals surface area contributed by atoms with Gasteiger partial charge in [0.05, 0.1) is 0 Å². The van der Waals surface area contributed by atoms with E-state index < -0.39 is 5.60 Å². The fraction of sp³-hybridized carbons (Fsp3) is 0.529. The first-order valence-corrected chi connectivity index (χ1v) is 7.11. The van der Waals surface area contributed by atoms with Crippen LogP contribution < -0.4 is 0 Å². The maximum Gasteiger partial charge on any atom is 0.136 e. The Balaban J connectivity index is 1.95. The summed E-state index contributed by atoms with van der Waals surface area (Å²) in [5.74, 6) is 0.739. The summed E-state index contributed by atoms with van der Waals surface area (Å²) in [6, 6.07) is 8.16. The number of hydrogen-bond acceptors (Lipinski definition) is 2. The van der Waals surface area contributed by atoms with Gasteiger partial charge in [0.2, 0.25) is 0 Å². The summed E-state index contributed by atoms with van der Waals surface area (Å²) in [6.45, 7) is 6.62. The van der Waals surface area contributed by atoms with Crippen LogP contribution in [0.5, 0.6) is 0 Å². The molecule has 0 aliphatic heterocycles. The summed E-state index contributed by atoms with van der Waals surface area (Å²) < 4.78 is 5.88. The van der Waals surface area contributed by atoms with Crippen molar-refractivity contribution in [2.45, 2.75) is 52.1 Å². The highest BCUT2D eigenvalue weighted by Gasteiger charge is 2.40. The van der Waals surface area contributed by atoms with Crippen molar-refractivity contribution in [2.75, 3.05) is 0 Å². The normalized spacial score (nSPS) is 21.7. The smallest absolute Gasteiger partial charge is 0.136 e. The Hall–Kier alpha value is -1.28. The highest BCUT2D eigenvalue weighted by Crippen LogP contribution is 2.46. The first-order chi connectivity index (χ1) is 8.88. The second-order valence-corrected chi connectivity index (χ2v) is 6.85. The highest BCUT2D eigenvalue weighted by molar-refractivity contribution is 5.78. The first kappa shape index (κ1) is 12.7. The topological polar surface area (TPSA) is 33.4 Å². The molecule has 102 valence electrons. The van der Waals surface area contributed by atoms with Gasteiger partial charge in [-0.3, -0.25) is 0 Å². The molecule has 0 amide bonds. The fourth-order valence-electron chi connectivity index (χ4n) is 2.98. The van der Waals surface area contributed by atoms with Crippen molar-refractivity contribution < 1.29 is 9.52 Å². The lowest BCUT2D eigenvalue weighted by Gasteiger charge is -2.38. The zero-order chi connectivity index (χ0) is 13.7. The van der Waals surface area contributed by atoms with Gasteiger partial charge in [-0.05, 0) is 56.2 Å². The molecule has 0 bridgehead atoms. The molecule has 2 nitrogen and oxygen atoms in total. The van der Waals surface area contributed by atoms with E-state index in [0.717, 1.165) is 42.4 Å². The van der Waals surface area contributed by atoms with E-state index in [-0.39, 0.29) is 0 Å². The van der Waals surface area contributed by atoms with Crippen LogP contribution in [0.3, 0.4) is 0 Å². The van der Waals surface area contributed by atoms with E-state index >= 15 is 0 Å². The molecule has 1 aromatic carbocycles. The lowest BCUT2D eigenvalue weighted by Crippen LogP contribution is -2.34. The summed E-state index contributed by atoms with van der Waals surface area (Å²) in [6.07, 6.45) is 3.66. The number of aryl methyl sites for hydroxylation is 1. The van der Waals surface area contributed by atoms with Crippen molar-refractivity contribution in [3.05, 3.63) is 35.6 Å². The average Bonchev–Trinajstić information content (AvgIpc) is 2.77. The van der Waals surface area contributed by atoms with Crippen LogP contribution in [0.4, 0.5) is 0 Å². The molecule has 1 aliphatic carbocycles. The molecule has 1 aromatic heterocycles. The van der Waals surface area contributed by atoms with Crippen molar-refractivity contribution in [3.63, 3.8) is 0 Å². The third-order valence-electron chi connectivity index (χ3n) is 4.56. The van der Waals surface area contributed by atoms with Gasteiger partial charge in [0, 0.05) is 5.39 Å². The van der Waals surface area contributed by atoms with Crippen molar-refractivity contribution in [1.29, 1.82) is 0 Å². The van der Waals surface area contributed by atoms with Crippen LogP contribution in [0.1, 0.15) is 50.9 Å². The first-order valence-electron chi connectivity index (χ1n) is 7.11. The zero-order valence-corrected chi connectivity index (χ0v) is 12.0. The van der Waals surface area contributed by atoms with Crippen molar-refractivity contribution in [2.24, 2.45) is 5.41 Å². The molecule has 1 saturated carbocycles. The van der Waals surface area contributed by atoms with E-state index in [9.17, 15) is 5.11 Å². The molecule has 2 aromatic rings. The third-order valence-corrected chi connectivity index (χ3v) is 4.56. The number of aliphatic hydroxyl groups is 1. The van der Waals surface area contributed by atoms with Crippen molar-refractivity contribution in [3.8, 4) is 0 Å². The van der Waals surface area contributed by atoms with E-state index in [4.69, 9.17) is 4.42 Å². The second kappa shape index (κ2) is 4.11. The Bertz CT molecular complexity index is 597. The van der Waals surface area contributed by atoms with Gasteiger partial charge in [-0.2, -0.15) is 0 Å². The molecule has 1 aliphatic rings. The Morgan fingerprint density at radius 2 is 1.74 bits per heavy atom. The molecule has 1 heterocycles. The van der Waals surface area contributed by atoms with Gasteiger partial charge in [0.1, 0.15) is 16.9 Å². The van der Waals surface area contributed by atoms with Crippen LogP contribution in [0.15, 0.2) is 28.7 Å². The van der Waals surface area contributed by atoms with E-state index in [1.807, 2.05) is 18.2 Å². The molecule has 3 rings (SSSR count). The standard InChI is InChI=1S/C17H22O2/c1-12-4-5-14-13(10-12)11-15(19-14)17(18)8-6-16(2,3)7-9-17/h4-5,10-11,18H,6-9H2,1-3H3. The fourth-order valence-corrected chi connectivity index (χ4v) is 2.98. The summed E-state index contributed by atoms with van der Waals surface area (Å²) >= 11 is 0. The van der Waals surface area contributed by atoms with Crippen LogP contribution in [0, 0.1) is 12.3 Å². The number of furan rings is 1. The largest absolute Gasteiger partial charge is 0.458 e. The van der Waals surface area contributed by atoms with Gasteiger partial charge in [-0.25, -0.2) is 0 Å². The molecule has 0 saturated heterocycles. The lowest BCUT2D eigenvalue weighted by atomic mass is 9.70. The molecule has 1 N–H and O–H groups in total. The van der Waals surface area contributed by atoms with Crippen molar-refractivity contribution in [1.82, 2.24) is 0 Å². The Morgan fingerprint density at radius 1 is 1.05 bits per heavy atom. The molecule has 0 unspecified atom stereocenters. The number of hydrogen-bond donors (Lipinski definition) is 1. The minimum absolute atomic E-state index is 0.342. The van der Waals surface area contributed by atoms with Gasteiger partial charge < -0.3 is 9.52 Å². The maximum absolute atomic E-state index is 10.9. The Kier molecular flexibility index (Phi) is 2.75. The van der Waals surface area contributed by atoms with Gasteiger partial charge in [-0.1, -0.05) is 25.5 Å². The minimum atomic E-state index is -0.775. The van der Waals surface area contributed by atoms with Gasteiger partial charge in [-0.15, -0.1) is 0 Å². The summed E-state index contributed by atoms with van der Waals surface area (Å²) in [5, 5.41) is 11.9. The van der Waals surface area contributed by atoms with Crippen LogP contribution in [0.2, 0.25) is 0 Å². The van der Waals surface area contributed by atoms with Crippen LogP contribution in [-0.2, 0) is 5.60 Å². The zero-order valence-electron chi connectivity index (χ0n) is 12.0. The molecular formula is C17H22O2. The quantitative estimate of drug-likeness (QED) is 0.815. The van der Waals surface area contributed by atoms with E-state index in [1.165, 1.54) is 5.56 Å². The third kappa shape index (κ3) is 2.30. The number of benzene rings is 1. The van der Waals surface area contributed by atoms with Crippen LogP contribution in [-0.4, -0.2) is 5.11 Å². The van der Waals surface area contributed by atoms with Crippen LogP contribution in [0.25, 0.3) is 11.0 Å². The summed E-state index contributed by atoms with van der Waals surface area (Å²) in [4.78, 5) is 0. The average molecular weight is 258 g/mol. The highest BCUT2D eigenvalue weighted by atomic mass is 16.4. The SMILES string of the molecule is Cc1ccc2oc(C3(O)CCC(C)(C)CC3)cc2c1. The minimum Gasteiger partial charge on any atom is -0.458 e. The Labute approximate surface area is 114 Å². The summed E-state index contributed by atoms with van der Waals surface area (Å²) in [7, 11) is 0. The van der Waals surface area contributed by atoms with E-state index in [0.29, 0.717) is 5.41 Å². The molecular weight excluding hydrogens is 236 g/mol. The molecule has 1 fully saturated rings. The predicted molar refractivity (Wildman–Crippen MR) is 77.1 cm³/mol. The molecule has 19 heavy (non-hydrogen) atoms. The predicted octanol–water partition coefficient (Wildman–Crippen LogP) is 4.53. The second-order valence-electron chi connectivity index (χ2n) is 6.85. The maximum atomic E-state index is 10.9. The van der Waals surface area contributed by atoms with Crippen LogP contribution >= 0.6 is 0 Å². The monoisotopic (exact) mass is 258 g/mol. The van der Waals surface area contributed by atoms with Crippen molar-refractivity contribution >= 4 is 11.0 Å². The molecule has 0 atom stereocenters. The summed E-state index contributed by atoms with van der Waals surface area (Å²) in [5.41, 5.74) is 1.66. The van der Waals surface area contributed by atoms with Gasteiger partial charge in [0.15, 0.2) is 0 Å². The van der Waals surface area contributed by atoms with Gasteiger partial charge in [0.25, 0.3) is 0 Å². The number of rotatable bonds is 1. The molecule has 2 heteroatoms. The number of fused-ring (bicyclic) bond motifs is 1. The van der Waals surface area contributed by atoms with Gasteiger partial charge >= 0.3 is 0 Å².